The fourth-order valence-electron chi connectivity index (χ4n) is 4.08. The predicted molar refractivity (Wildman–Crippen MR) is 134 cm³/mol. The van der Waals surface area contributed by atoms with Crippen molar-refractivity contribution in [3.05, 3.63) is 90.0 Å². The molecule has 0 bridgehead atoms. The molecular weight excluding hydrogens is 498 g/mol. The Morgan fingerprint density at radius 1 is 0.868 bits per heavy atom. The molecule has 0 radical (unpaired) electrons. The molecule has 9 nitrogen and oxygen atoms in total. The third kappa shape index (κ3) is 5.23. The highest BCUT2D eigenvalue weighted by atomic mass is 19.1. The smallest absolute Gasteiger partial charge is 0.264 e. The van der Waals surface area contributed by atoms with E-state index in [1.165, 1.54) is 23.8 Å². The Labute approximate surface area is 216 Å². The normalized spacial score (nSPS) is 16.8. The van der Waals surface area contributed by atoms with E-state index in [0.717, 1.165) is 12.1 Å². The lowest BCUT2D eigenvalue weighted by Gasteiger charge is -2.25. The van der Waals surface area contributed by atoms with Gasteiger partial charge in [-0.25, -0.2) is 8.78 Å². The van der Waals surface area contributed by atoms with Crippen molar-refractivity contribution < 1.29 is 33.1 Å². The van der Waals surface area contributed by atoms with Crippen LogP contribution in [0.1, 0.15) is 18.6 Å². The summed E-state index contributed by atoms with van der Waals surface area (Å²) in [4.78, 5) is 55.0. The monoisotopic (exact) mass is 522 g/mol. The standard InChI is InChI=1S/C27H24F2N4O5/c1-15(30-25(36)23(34)16-12-17(28)14-18(29)13-16)24(35)31-22-26(37)32(2)20-10-6-7-11-21(20)33(27(22)38)19-8-4-3-5-9-19/h3-15,22-23,34H,1-2H3,(H,30,36)(H,31,35)/t15-,22?,23?/m0/s1. The van der Waals surface area contributed by atoms with Crippen molar-refractivity contribution in [2.75, 3.05) is 16.8 Å². The van der Waals surface area contributed by atoms with Gasteiger partial charge < -0.3 is 20.6 Å². The van der Waals surface area contributed by atoms with Crippen LogP contribution in [-0.4, -0.2) is 47.9 Å². The molecule has 0 fully saturated rings. The summed E-state index contributed by atoms with van der Waals surface area (Å²) in [6.45, 7) is 1.27. The molecular formula is C27H24F2N4O5. The van der Waals surface area contributed by atoms with Crippen molar-refractivity contribution in [1.29, 1.82) is 0 Å². The molecule has 196 valence electrons. The Balaban J connectivity index is 1.56. The van der Waals surface area contributed by atoms with Crippen LogP contribution in [0.2, 0.25) is 0 Å². The van der Waals surface area contributed by atoms with Crippen molar-refractivity contribution in [1.82, 2.24) is 10.6 Å². The second-order valence-corrected chi connectivity index (χ2v) is 8.67. The van der Waals surface area contributed by atoms with Crippen LogP contribution >= 0.6 is 0 Å². The number of benzene rings is 3. The van der Waals surface area contributed by atoms with Gasteiger partial charge in [-0.05, 0) is 48.9 Å². The van der Waals surface area contributed by atoms with Crippen molar-refractivity contribution >= 4 is 40.7 Å². The first kappa shape index (κ1) is 26.4. The zero-order valence-corrected chi connectivity index (χ0v) is 20.4. The van der Waals surface area contributed by atoms with E-state index >= 15 is 0 Å². The van der Waals surface area contributed by atoms with Crippen molar-refractivity contribution in [3.8, 4) is 0 Å². The summed E-state index contributed by atoms with van der Waals surface area (Å²) in [6.07, 6.45) is -1.97. The van der Waals surface area contributed by atoms with E-state index in [0.29, 0.717) is 23.1 Å². The fourth-order valence-corrected chi connectivity index (χ4v) is 4.08. The summed E-state index contributed by atoms with van der Waals surface area (Å²) in [7, 11) is 1.47. The summed E-state index contributed by atoms with van der Waals surface area (Å²) in [6, 6.07) is 14.5. The lowest BCUT2D eigenvalue weighted by atomic mass is 10.1. The van der Waals surface area contributed by atoms with Crippen LogP contribution < -0.4 is 20.4 Å². The zero-order chi connectivity index (χ0) is 27.6. The molecule has 0 saturated heterocycles. The maximum atomic E-state index is 13.7. The van der Waals surface area contributed by atoms with Gasteiger partial charge in [0.05, 0.1) is 11.4 Å². The predicted octanol–water partition coefficient (Wildman–Crippen LogP) is 2.33. The van der Waals surface area contributed by atoms with Crippen LogP contribution in [-0.2, 0) is 19.2 Å². The number of aliphatic hydroxyl groups excluding tert-OH is 1. The van der Waals surface area contributed by atoms with Crippen LogP contribution in [0, 0.1) is 11.6 Å². The summed E-state index contributed by atoms with van der Waals surface area (Å²) < 4.78 is 27.0. The molecule has 38 heavy (non-hydrogen) atoms. The molecule has 2 unspecified atom stereocenters. The van der Waals surface area contributed by atoms with E-state index in [4.69, 9.17) is 0 Å². The number of carbonyl (C=O) groups excluding carboxylic acids is 4. The van der Waals surface area contributed by atoms with Gasteiger partial charge in [0.25, 0.3) is 17.7 Å². The number of amides is 4. The number of carbonyl (C=O) groups is 4. The number of rotatable bonds is 6. The minimum atomic E-state index is -1.97. The number of nitrogens with zero attached hydrogens (tertiary/aromatic N) is 2. The highest BCUT2D eigenvalue weighted by Gasteiger charge is 2.41. The Morgan fingerprint density at radius 2 is 1.45 bits per heavy atom. The second kappa shape index (κ2) is 10.8. The van der Waals surface area contributed by atoms with Gasteiger partial charge in [0.15, 0.2) is 12.1 Å². The van der Waals surface area contributed by atoms with Gasteiger partial charge >= 0.3 is 0 Å². The zero-order valence-electron chi connectivity index (χ0n) is 20.4. The van der Waals surface area contributed by atoms with Gasteiger partial charge in [0.2, 0.25) is 5.91 Å². The van der Waals surface area contributed by atoms with Gasteiger partial charge in [-0.15, -0.1) is 0 Å². The van der Waals surface area contributed by atoms with Gasteiger partial charge in [-0.2, -0.15) is 0 Å². The molecule has 3 aromatic carbocycles. The number of aliphatic hydroxyl groups is 1. The first-order valence-corrected chi connectivity index (χ1v) is 11.6. The molecule has 0 aromatic heterocycles. The quantitative estimate of drug-likeness (QED) is 0.430. The van der Waals surface area contributed by atoms with E-state index in [1.807, 2.05) is 0 Å². The Kier molecular flexibility index (Phi) is 7.49. The molecule has 4 rings (SSSR count). The first-order chi connectivity index (χ1) is 18.1. The summed E-state index contributed by atoms with van der Waals surface area (Å²) in [5, 5.41) is 14.8. The number of nitrogens with one attached hydrogen (secondary N) is 2. The van der Waals surface area contributed by atoms with E-state index in [9.17, 15) is 33.1 Å². The molecule has 0 aliphatic carbocycles. The maximum absolute atomic E-state index is 13.7. The molecule has 4 amide bonds. The van der Waals surface area contributed by atoms with Crippen LogP contribution in [0.25, 0.3) is 0 Å². The molecule has 1 heterocycles. The lowest BCUT2D eigenvalue weighted by Crippen LogP contribution is -2.58. The Bertz CT molecular complexity index is 1380. The third-order valence-electron chi connectivity index (χ3n) is 6.03. The molecule has 1 aliphatic heterocycles. The van der Waals surface area contributed by atoms with Gasteiger partial charge in [0, 0.05) is 18.8 Å². The topological polar surface area (TPSA) is 119 Å². The summed E-state index contributed by atoms with van der Waals surface area (Å²) in [5.74, 6) is -5.41. The van der Waals surface area contributed by atoms with Gasteiger partial charge in [-0.1, -0.05) is 30.3 Å². The summed E-state index contributed by atoms with van der Waals surface area (Å²) in [5.41, 5.74) is 1.00. The Morgan fingerprint density at radius 3 is 2.08 bits per heavy atom. The van der Waals surface area contributed by atoms with E-state index in [2.05, 4.69) is 10.6 Å². The van der Waals surface area contributed by atoms with Crippen molar-refractivity contribution in [2.45, 2.75) is 25.1 Å². The molecule has 0 saturated carbocycles. The minimum absolute atomic E-state index is 0.348. The number of anilines is 3. The SMILES string of the molecule is C[C@H](NC(=O)C(O)c1cc(F)cc(F)c1)C(=O)NC1C(=O)N(C)c2ccccc2N(c2ccccc2)C1=O. The number of likely N-dealkylation sites (N-methyl/N-ethyl adjacent to an activating group) is 1. The van der Waals surface area contributed by atoms with Crippen LogP contribution in [0.15, 0.2) is 72.8 Å². The third-order valence-corrected chi connectivity index (χ3v) is 6.03. The fraction of sp³-hybridized carbons (Fsp3) is 0.185. The van der Waals surface area contributed by atoms with Crippen LogP contribution in [0.3, 0.4) is 0 Å². The average molecular weight is 523 g/mol. The average Bonchev–Trinajstić information content (AvgIpc) is 2.97. The number of hydrogen-bond donors (Lipinski definition) is 3. The highest BCUT2D eigenvalue weighted by molar-refractivity contribution is 6.23. The van der Waals surface area contributed by atoms with Gasteiger partial charge in [-0.3, -0.25) is 24.1 Å². The van der Waals surface area contributed by atoms with E-state index < -0.39 is 53.5 Å². The molecule has 3 aromatic rings. The number of fused-ring (bicyclic) bond motifs is 1. The lowest BCUT2D eigenvalue weighted by molar-refractivity contribution is -0.136. The molecule has 11 heteroatoms. The molecule has 3 atom stereocenters. The number of hydrogen-bond acceptors (Lipinski definition) is 5. The second-order valence-electron chi connectivity index (χ2n) is 8.67. The highest BCUT2D eigenvalue weighted by Crippen LogP contribution is 2.37. The number of para-hydroxylation sites is 3. The number of halogens is 2. The van der Waals surface area contributed by atoms with Crippen LogP contribution in [0.4, 0.5) is 25.8 Å². The Hall–Kier alpha value is -4.64. The van der Waals surface area contributed by atoms with Crippen molar-refractivity contribution in [2.24, 2.45) is 0 Å². The molecule has 3 N–H and O–H groups in total. The first-order valence-electron chi connectivity index (χ1n) is 11.6. The van der Waals surface area contributed by atoms with Crippen molar-refractivity contribution in [3.63, 3.8) is 0 Å². The summed E-state index contributed by atoms with van der Waals surface area (Å²) >= 11 is 0. The molecule has 0 spiro atoms. The molecule has 1 aliphatic rings. The maximum Gasteiger partial charge on any atom is 0.264 e. The largest absolute Gasteiger partial charge is 0.378 e. The van der Waals surface area contributed by atoms with E-state index in [-0.39, 0.29) is 5.56 Å². The minimum Gasteiger partial charge on any atom is -0.378 e. The van der Waals surface area contributed by atoms with E-state index in [1.54, 1.807) is 54.6 Å². The van der Waals surface area contributed by atoms with Crippen LogP contribution in [0.5, 0.6) is 0 Å². The van der Waals surface area contributed by atoms with Gasteiger partial charge in [0.1, 0.15) is 17.7 Å².